The van der Waals surface area contributed by atoms with Gasteiger partial charge in [-0.2, -0.15) is 0 Å². The van der Waals surface area contributed by atoms with Gasteiger partial charge in [-0.1, -0.05) is 59.8 Å². The minimum Gasteiger partial charge on any atom is -0.497 e. The zero-order valence-corrected chi connectivity index (χ0v) is 22.0. The first-order valence-electron chi connectivity index (χ1n) is 13.3. The van der Waals surface area contributed by atoms with Gasteiger partial charge in [0, 0.05) is 19.7 Å². The smallest absolute Gasteiger partial charge is 0.247 e. The number of benzene rings is 3. The van der Waals surface area contributed by atoms with E-state index in [0.717, 1.165) is 23.9 Å². The van der Waals surface area contributed by atoms with E-state index >= 15 is 0 Å². The van der Waals surface area contributed by atoms with Crippen LogP contribution in [-0.4, -0.2) is 64.6 Å². The van der Waals surface area contributed by atoms with Crippen LogP contribution in [0.15, 0.2) is 78.9 Å². The van der Waals surface area contributed by atoms with Gasteiger partial charge in [-0.3, -0.25) is 9.59 Å². The van der Waals surface area contributed by atoms with Crippen molar-refractivity contribution in [2.45, 2.75) is 38.0 Å². The van der Waals surface area contributed by atoms with Crippen LogP contribution in [0, 0.1) is 0 Å². The van der Waals surface area contributed by atoms with Gasteiger partial charge in [0.25, 0.3) is 0 Å². The van der Waals surface area contributed by atoms with Crippen LogP contribution in [0.3, 0.4) is 0 Å². The van der Waals surface area contributed by atoms with Crippen molar-refractivity contribution in [3.8, 4) is 5.75 Å². The highest BCUT2D eigenvalue weighted by molar-refractivity contribution is 5.89. The number of amides is 2. The van der Waals surface area contributed by atoms with Gasteiger partial charge in [0.2, 0.25) is 11.8 Å². The third-order valence-corrected chi connectivity index (χ3v) is 7.03. The molecule has 1 fully saturated rings. The van der Waals surface area contributed by atoms with Crippen molar-refractivity contribution in [2.24, 2.45) is 0 Å². The number of nitrogens with one attached hydrogen (secondary N) is 1. The zero-order valence-electron chi connectivity index (χ0n) is 22.0. The number of ether oxygens (including phenoxy) is 2. The van der Waals surface area contributed by atoms with Crippen LogP contribution in [0.1, 0.15) is 30.0 Å². The number of hydrogen-bond donors (Lipinski definition) is 1. The molecule has 4 aromatic rings. The molecule has 9 heteroatoms. The van der Waals surface area contributed by atoms with E-state index < -0.39 is 6.04 Å². The Balaban J connectivity index is 1.46. The van der Waals surface area contributed by atoms with E-state index in [2.05, 4.69) is 15.6 Å². The van der Waals surface area contributed by atoms with Gasteiger partial charge in [-0.05, 0) is 54.7 Å². The lowest BCUT2D eigenvalue weighted by molar-refractivity contribution is -0.141. The van der Waals surface area contributed by atoms with Crippen LogP contribution in [0.2, 0.25) is 0 Å². The first-order valence-corrected chi connectivity index (χ1v) is 13.3. The van der Waals surface area contributed by atoms with Crippen LogP contribution in [-0.2, 0) is 27.3 Å². The summed E-state index contributed by atoms with van der Waals surface area (Å²) in [5.41, 5.74) is 3.25. The highest BCUT2D eigenvalue weighted by Gasteiger charge is 2.32. The molecule has 1 aliphatic heterocycles. The summed E-state index contributed by atoms with van der Waals surface area (Å²) >= 11 is 0. The molecule has 1 N–H and O–H groups in total. The normalized spacial score (nSPS) is 15.7. The first kappa shape index (κ1) is 26.4. The average Bonchev–Trinajstić information content (AvgIpc) is 3.65. The van der Waals surface area contributed by atoms with E-state index in [0.29, 0.717) is 42.9 Å². The number of rotatable bonds is 11. The van der Waals surface area contributed by atoms with Gasteiger partial charge >= 0.3 is 0 Å². The maximum atomic E-state index is 14.0. The fourth-order valence-corrected chi connectivity index (χ4v) is 4.92. The molecule has 0 radical (unpaired) electrons. The van der Waals surface area contributed by atoms with Crippen LogP contribution in [0.25, 0.3) is 11.0 Å². The molecular weight excluding hydrogens is 494 g/mol. The molecule has 0 bridgehead atoms. The SMILES string of the molecule is COc1ccc(C(C(=O)NCC2CCCO2)N(CCc2ccccc2)C(=O)Cn2nnc3ccccc32)cc1. The highest BCUT2D eigenvalue weighted by Crippen LogP contribution is 2.26. The van der Waals surface area contributed by atoms with Crippen molar-refractivity contribution in [1.82, 2.24) is 25.2 Å². The second kappa shape index (κ2) is 12.5. The maximum absolute atomic E-state index is 14.0. The van der Waals surface area contributed by atoms with Gasteiger partial charge in [-0.15, -0.1) is 5.10 Å². The Morgan fingerprint density at radius 2 is 1.85 bits per heavy atom. The molecule has 0 aliphatic carbocycles. The lowest BCUT2D eigenvalue weighted by Gasteiger charge is -2.32. The molecule has 1 aliphatic rings. The fourth-order valence-electron chi connectivity index (χ4n) is 4.92. The van der Waals surface area contributed by atoms with Crippen LogP contribution in [0.4, 0.5) is 0 Å². The Bertz CT molecular complexity index is 1380. The molecule has 5 rings (SSSR count). The third-order valence-electron chi connectivity index (χ3n) is 7.03. The Kier molecular flexibility index (Phi) is 8.48. The Labute approximate surface area is 227 Å². The number of fused-ring (bicyclic) bond motifs is 1. The molecule has 1 aromatic heterocycles. The summed E-state index contributed by atoms with van der Waals surface area (Å²) in [6, 6.07) is 23.9. The van der Waals surface area contributed by atoms with Gasteiger partial charge in [0.1, 0.15) is 23.9 Å². The molecule has 0 saturated carbocycles. The molecule has 2 amide bonds. The minimum atomic E-state index is -0.844. The van der Waals surface area contributed by atoms with Gasteiger partial charge in [0.05, 0.1) is 18.7 Å². The number of aromatic nitrogens is 3. The number of carbonyl (C=O) groups is 2. The molecule has 202 valence electrons. The fraction of sp³-hybridized carbons (Fsp3) is 0.333. The molecule has 39 heavy (non-hydrogen) atoms. The Morgan fingerprint density at radius 3 is 2.59 bits per heavy atom. The summed E-state index contributed by atoms with van der Waals surface area (Å²) in [6.07, 6.45) is 2.47. The molecule has 2 heterocycles. The zero-order chi connectivity index (χ0) is 27.0. The van der Waals surface area contributed by atoms with Crippen molar-refractivity contribution in [1.29, 1.82) is 0 Å². The van der Waals surface area contributed by atoms with E-state index in [4.69, 9.17) is 9.47 Å². The number of para-hydroxylation sites is 1. The monoisotopic (exact) mass is 527 g/mol. The number of hydrogen-bond acceptors (Lipinski definition) is 6. The molecular formula is C30H33N5O4. The summed E-state index contributed by atoms with van der Waals surface area (Å²) in [7, 11) is 1.60. The van der Waals surface area contributed by atoms with Gasteiger partial charge in [-0.25, -0.2) is 4.68 Å². The summed E-state index contributed by atoms with van der Waals surface area (Å²) in [6.45, 7) is 1.41. The van der Waals surface area contributed by atoms with Crippen molar-refractivity contribution < 1.29 is 19.1 Å². The van der Waals surface area contributed by atoms with E-state index in [1.165, 1.54) is 0 Å². The van der Waals surface area contributed by atoms with Crippen molar-refractivity contribution in [3.05, 3.63) is 90.0 Å². The number of methoxy groups -OCH3 is 1. The van der Waals surface area contributed by atoms with Crippen molar-refractivity contribution in [3.63, 3.8) is 0 Å². The van der Waals surface area contributed by atoms with E-state index in [-0.39, 0.29) is 24.5 Å². The lowest BCUT2D eigenvalue weighted by Crippen LogP contribution is -2.47. The topological polar surface area (TPSA) is 98.6 Å². The summed E-state index contributed by atoms with van der Waals surface area (Å²) in [4.78, 5) is 29.4. The Hall–Kier alpha value is -4.24. The molecule has 1 saturated heterocycles. The molecule has 3 aromatic carbocycles. The molecule has 0 spiro atoms. The average molecular weight is 528 g/mol. The van der Waals surface area contributed by atoms with Crippen LogP contribution < -0.4 is 10.1 Å². The highest BCUT2D eigenvalue weighted by atomic mass is 16.5. The standard InChI is InChI=1S/C30H33N5O4/c1-38-24-15-13-23(14-16-24)29(30(37)31-20-25-10-7-19-39-25)34(18-17-22-8-3-2-4-9-22)28(36)21-35-27-12-6-5-11-26(27)32-33-35/h2-6,8-9,11-16,25,29H,7,10,17-21H2,1H3,(H,31,37). The second-order valence-electron chi connectivity index (χ2n) is 9.61. The number of nitrogens with zero attached hydrogens (tertiary/aromatic N) is 4. The summed E-state index contributed by atoms with van der Waals surface area (Å²) in [5, 5.41) is 11.5. The quantitative estimate of drug-likeness (QED) is 0.320. The Morgan fingerprint density at radius 1 is 1.08 bits per heavy atom. The third kappa shape index (κ3) is 6.43. The minimum absolute atomic E-state index is 0.0135. The lowest BCUT2D eigenvalue weighted by atomic mass is 10.0. The van der Waals surface area contributed by atoms with Crippen LogP contribution in [0.5, 0.6) is 5.75 Å². The predicted octanol–water partition coefficient (Wildman–Crippen LogP) is 3.55. The van der Waals surface area contributed by atoms with Gasteiger partial charge < -0.3 is 19.7 Å². The molecule has 9 nitrogen and oxygen atoms in total. The van der Waals surface area contributed by atoms with Crippen LogP contribution >= 0.6 is 0 Å². The summed E-state index contributed by atoms with van der Waals surface area (Å²) < 4.78 is 12.6. The van der Waals surface area contributed by atoms with Crippen molar-refractivity contribution in [2.75, 3.05) is 26.8 Å². The molecule has 2 unspecified atom stereocenters. The van der Waals surface area contributed by atoms with Crippen molar-refractivity contribution >= 4 is 22.8 Å². The van der Waals surface area contributed by atoms with E-state index in [9.17, 15) is 9.59 Å². The van der Waals surface area contributed by atoms with E-state index in [1.54, 1.807) is 28.8 Å². The second-order valence-corrected chi connectivity index (χ2v) is 9.61. The summed E-state index contributed by atoms with van der Waals surface area (Å²) in [5.74, 6) is 0.198. The maximum Gasteiger partial charge on any atom is 0.247 e. The van der Waals surface area contributed by atoms with E-state index in [1.807, 2.05) is 66.7 Å². The number of carbonyl (C=O) groups excluding carboxylic acids is 2. The predicted molar refractivity (Wildman–Crippen MR) is 147 cm³/mol. The van der Waals surface area contributed by atoms with Gasteiger partial charge in [0.15, 0.2) is 0 Å². The first-order chi connectivity index (χ1) is 19.1. The largest absolute Gasteiger partial charge is 0.497 e. The molecule has 2 atom stereocenters.